The van der Waals surface area contributed by atoms with Crippen LogP contribution >= 0.6 is 31.9 Å². The molecule has 0 bridgehead atoms. The minimum atomic E-state index is 0.293. The maximum Gasteiger partial charge on any atom is 0.119 e. The lowest BCUT2D eigenvalue weighted by atomic mass is 10.0. The molecule has 0 aliphatic heterocycles. The molecule has 0 spiro atoms. The number of hydrogen-bond donors (Lipinski definition) is 0. The minimum Gasteiger partial charge on any atom is -0.494 e. The summed E-state index contributed by atoms with van der Waals surface area (Å²) >= 11 is 7.29. The molecule has 2 aromatic rings. The average molecular weight is 398 g/mol. The lowest BCUT2D eigenvalue weighted by Gasteiger charge is -2.12. The molecule has 0 aromatic heterocycles. The van der Waals surface area contributed by atoms with Crippen LogP contribution in [0.2, 0.25) is 0 Å². The lowest BCUT2D eigenvalue weighted by molar-refractivity contribution is 0.317. The second-order valence-corrected chi connectivity index (χ2v) is 6.74. The normalized spacial score (nSPS) is 12.2. The summed E-state index contributed by atoms with van der Waals surface area (Å²) in [5.41, 5.74) is 2.56. The highest BCUT2D eigenvalue weighted by Crippen LogP contribution is 2.30. The van der Waals surface area contributed by atoms with E-state index < -0.39 is 0 Å². The standard InChI is InChI=1S/C17H18Br2O/c1-2-9-20-16-8-4-6-14(12-16)17(19)11-13-5-3-7-15(18)10-13/h3-8,10,12,17H,2,9,11H2,1H3. The van der Waals surface area contributed by atoms with Crippen LogP contribution in [0.3, 0.4) is 0 Å². The number of benzene rings is 2. The van der Waals surface area contributed by atoms with Crippen molar-refractivity contribution in [3.05, 3.63) is 64.1 Å². The Morgan fingerprint density at radius 1 is 1.10 bits per heavy atom. The fraction of sp³-hybridized carbons (Fsp3) is 0.294. The summed E-state index contributed by atoms with van der Waals surface area (Å²) in [4.78, 5) is 0.293. The van der Waals surface area contributed by atoms with Crippen molar-refractivity contribution in [3.63, 3.8) is 0 Å². The summed E-state index contributed by atoms with van der Waals surface area (Å²) in [6.07, 6.45) is 1.98. The van der Waals surface area contributed by atoms with Crippen LogP contribution in [0.1, 0.15) is 29.3 Å². The van der Waals surface area contributed by atoms with E-state index in [9.17, 15) is 0 Å². The van der Waals surface area contributed by atoms with Crippen LogP contribution in [-0.2, 0) is 6.42 Å². The van der Waals surface area contributed by atoms with E-state index in [4.69, 9.17) is 4.74 Å². The summed E-state index contributed by atoms with van der Waals surface area (Å²) in [5, 5.41) is 0. The molecule has 0 radical (unpaired) electrons. The molecule has 20 heavy (non-hydrogen) atoms. The van der Waals surface area contributed by atoms with Gasteiger partial charge in [0.15, 0.2) is 0 Å². The predicted octanol–water partition coefficient (Wildman–Crippen LogP) is 5.92. The van der Waals surface area contributed by atoms with E-state index in [1.807, 2.05) is 12.1 Å². The Kier molecular flexibility index (Phi) is 6.11. The van der Waals surface area contributed by atoms with Gasteiger partial charge < -0.3 is 4.74 Å². The van der Waals surface area contributed by atoms with Gasteiger partial charge in [-0.1, -0.05) is 63.0 Å². The van der Waals surface area contributed by atoms with Gasteiger partial charge in [-0.15, -0.1) is 0 Å². The van der Waals surface area contributed by atoms with Crippen molar-refractivity contribution < 1.29 is 4.74 Å². The van der Waals surface area contributed by atoms with Crippen LogP contribution in [0, 0.1) is 0 Å². The summed E-state index contributed by atoms with van der Waals surface area (Å²) in [6.45, 7) is 2.88. The molecular weight excluding hydrogens is 380 g/mol. The van der Waals surface area contributed by atoms with Crippen LogP contribution in [0.4, 0.5) is 0 Å². The second-order valence-electron chi connectivity index (χ2n) is 4.72. The van der Waals surface area contributed by atoms with Gasteiger partial charge >= 0.3 is 0 Å². The minimum absolute atomic E-state index is 0.293. The zero-order valence-corrected chi connectivity index (χ0v) is 14.7. The van der Waals surface area contributed by atoms with Gasteiger partial charge in [0.2, 0.25) is 0 Å². The van der Waals surface area contributed by atoms with Crippen LogP contribution in [0.5, 0.6) is 5.75 Å². The molecule has 1 unspecified atom stereocenters. The number of hydrogen-bond acceptors (Lipinski definition) is 1. The molecule has 0 heterocycles. The van der Waals surface area contributed by atoms with E-state index in [0.29, 0.717) is 4.83 Å². The van der Waals surface area contributed by atoms with Crippen molar-refractivity contribution in [2.75, 3.05) is 6.61 Å². The first kappa shape index (κ1) is 15.6. The third kappa shape index (κ3) is 4.64. The summed E-state index contributed by atoms with van der Waals surface area (Å²) < 4.78 is 6.81. The molecule has 0 saturated heterocycles. The highest BCUT2D eigenvalue weighted by molar-refractivity contribution is 9.10. The van der Waals surface area contributed by atoms with Gasteiger partial charge in [0, 0.05) is 9.30 Å². The Balaban J connectivity index is 2.06. The average Bonchev–Trinajstić information content (AvgIpc) is 2.45. The van der Waals surface area contributed by atoms with Crippen LogP contribution < -0.4 is 4.74 Å². The second kappa shape index (κ2) is 7.84. The summed E-state index contributed by atoms with van der Waals surface area (Å²) in [7, 11) is 0. The molecule has 1 atom stereocenters. The van der Waals surface area contributed by atoms with E-state index in [1.165, 1.54) is 11.1 Å². The van der Waals surface area contributed by atoms with Gasteiger partial charge in [-0.3, -0.25) is 0 Å². The molecule has 0 N–H and O–H groups in total. The lowest BCUT2D eigenvalue weighted by Crippen LogP contribution is -1.98. The number of ether oxygens (including phenoxy) is 1. The highest BCUT2D eigenvalue weighted by atomic mass is 79.9. The predicted molar refractivity (Wildman–Crippen MR) is 91.7 cm³/mol. The van der Waals surface area contributed by atoms with Gasteiger partial charge in [0.05, 0.1) is 6.61 Å². The maximum absolute atomic E-state index is 5.69. The zero-order chi connectivity index (χ0) is 14.4. The first-order chi connectivity index (χ1) is 9.69. The van der Waals surface area contributed by atoms with Crippen LogP contribution in [0.25, 0.3) is 0 Å². The monoisotopic (exact) mass is 396 g/mol. The number of rotatable bonds is 6. The smallest absolute Gasteiger partial charge is 0.119 e. The Morgan fingerprint density at radius 2 is 1.90 bits per heavy atom. The third-order valence-corrected chi connectivity index (χ3v) is 4.34. The molecule has 0 amide bonds. The Morgan fingerprint density at radius 3 is 2.65 bits per heavy atom. The van der Waals surface area contributed by atoms with Crippen molar-refractivity contribution in [3.8, 4) is 5.75 Å². The van der Waals surface area contributed by atoms with Crippen molar-refractivity contribution in [2.24, 2.45) is 0 Å². The molecule has 0 saturated carbocycles. The number of alkyl halides is 1. The zero-order valence-electron chi connectivity index (χ0n) is 11.5. The topological polar surface area (TPSA) is 9.23 Å². The molecule has 1 nitrogen and oxygen atoms in total. The molecule has 106 valence electrons. The third-order valence-electron chi connectivity index (χ3n) is 3.00. The van der Waals surface area contributed by atoms with Gasteiger partial charge in [-0.05, 0) is 48.2 Å². The van der Waals surface area contributed by atoms with Gasteiger partial charge in [-0.2, -0.15) is 0 Å². The molecule has 0 fully saturated rings. The fourth-order valence-corrected chi connectivity index (χ4v) is 3.11. The van der Waals surface area contributed by atoms with E-state index in [2.05, 4.69) is 75.2 Å². The van der Waals surface area contributed by atoms with Crippen molar-refractivity contribution in [1.82, 2.24) is 0 Å². The van der Waals surface area contributed by atoms with Crippen LogP contribution in [0.15, 0.2) is 53.0 Å². The summed E-state index contributed by atoms with van der Waals surface area (Å²) in [6, 6.07) is 16.7. The molecular formula is C17H18Br2O. The number of halogens is 2. The van der Waals surface area contributed by atoms with Gasteiger partial charge in [-0.25, -0.2) is 0 Å². The molecule has 2 rings (SSSR count). The summed E-state index contributed by atoms with van der Waals surface area (Å²) in [5.74, 6) is 0.947. The Bertz CT molecular complexity index is 554. The van der Waals surface area contributed by atoms with Crippen molar-refractivity contribution >= 4 is 31.9 Å². The molecule has 2 aromatic carbocycles. The van der Waals surface area contributed by atoms with Crippen molar-refractivity contribution in [2.45, 2.75) is 24.6 Å². The van der Waals surface area contributed by atoms with Crippen LogP contribution in [-0.4, -0.2) is 6.61 Å². The highest BCUT2D eigenvalue weighted by Gasteiger charge is 2.09. The van der Waals surface area contributed by atoms with E-state index in [0.717, 1.165) is 29.7 Å². The van der Waals surface area contributed by atoms with E-state index in [1.54, 1.807) is 0 Å². The van der Waals surface area contributed by atoms with Gasteiger partial charge in [0.25, 0.3) is 0 Å². The molecule has 3 heteroatoms. The molecule has 0 aliphatic rings. The quantitative estimate of drug-likeness (QED) is 0.550. The first-order valence-corrected chi connectivity index (χ1v) is 8.51. The first-order valence-electron chi connectivity index (χ1n) is 6.80. The van der Waals surface area contributed by atoms with Crippen molar-refractivity contribution in [1.29, 1.82) is 0 Å². The van der Waals surface area contributed by atoms with E-state index in [-0.39, 0.29) is 0 Å². The maximum atomic E-state index is 5.69. The Labute approximate surface area is 137 Å². The van der Waals surface area contributed by atoms with Gasteiger partial charge in [0.1, 0.15) is 5.75 Å². The molecule has 0 aliphatic carbocycles. The largest absolute Gasteiger partial charge is 0.494 e. The SMILES string of the molecule is CCCOc1cccc(C(Br)Cc2cccc(Br)c2)c1. The fourth-order valence-electron chi connectivity index (χ4n) is 2.01. The Hall–Kier alpha value is -0.800. The van der Waals surface area contributed by atoms with E-state index >= 15 is 0 Å².